The highest BCUT2D eigenvalue weighted by Gasteiger charge is 2.17. The Morgan fingerprint density at radius 1 is 1.14 bits per heavy atom. The number of imidazole rings is 1. The number of hydrogen-bond acceptors (Lipinski definition) is 6. The van der Waals surface area contributed by atoms with Crippen LogP contribution in [0.3, 0.4) is 0 Å². The lowest BCUT2D eigenvalue weighted by Crippen LogP contribution is -1.98. The van der Waals surface area contributed by atoms with E-state index in [9.17, 15) is 8.78 Å². The summed E-state index contributed by atoms with van der Waals surface area (Å²) in [5.74, 6) is 0.731. The number of alkyl halides is 2. The minimum atomic E-state index is -2.80. The van der Waals surface area contributed by atoms with Crippen LogP contribution in [-0.4, -0.2) is 25.1 Å². The van der Waals surface area contributed by atoms with Crippen molar-refractivity contribution in [1.82, 2.24) is 25.1 Å². The summed E-state index contributed by atoms with van der Waals surface area (Å²) < 4.78 is 35.7. The van der Waals surface area contributed by atoms with Crippen molar-refractivity contribution < 1.29 is 17.9 Å². The van der Waals surface area contributed by atoms with E-state index in [0.29, 0.717) is 17.0 Å². The smallest absolute Gasteiger partial charge is 0.314 e. The van der Waals surface area contributed by atoms with Crippen LogP contribution in [0.5, 0.6) is 5.75 Å². The number of aryl methyl sites for hydroxylation is 1. The minimum absolute atomic E-state index is 0.00305. The largest absolute Gasteiger partial charge is 0.487 e. The van der Waals surface area contributed by atoms with E-state index >= 15 is 0 Å². The Hall–Kier alpha value is -3.62. The van der Waals surface area contributed by atoms with Gasteiger partial charge in [-0.2, -0.15) is 8.78 Å². The molecule has 0 aliphatic rings. The molecule has 3 heterocycles. The summed E-state index contributed by atoms with van der Waals surface area (Å²) in [6.45, 7) is 2.16. The highest BCUT2D eigenvalue weighted by atomic mass is 19.3. The summed E-state index contributed by atoms with van der Waals surface area (Å²) in [7, 11) is 0. The normalized spacial score (nSPS) is 11.1. The van der Waals surface area contributed by atoms with E-state index in [0.717, 1.165) is 17.1 Å². The van der Waals surface area contributed by atoms with Crippen molar-refractivity contribution in [3.8, 4) is 28.6 Å². The number of aromatic nitrogens is 5. The summed E-state index contributed by atoms with van der Waals surface area (Å²) in [4.78, 5) is 11.8. The summed E-state index contributed by atoms with van der Waals surface area (Å²) in [5.41, 5.74) is 2.95. The molecule has 0 saturated heterocycles. The van der Waals surface area contributed by atoms with Crippen LogP contribution in [0.1, 0.15) is 23.7 Å². The Morgan fingerprint density at radius 2 is 2.04 bits per heavy atom. The number of ether oxygens (including phenoxy) is 1. The van der Waals surface area contributed by atoms with Gasteiger partial charge in [0.1, 0.15) is 18.2 Å². The minimum Gasteiger partial charge on any atom is -0.487 e. The lowest BCUT2D eigenvalue weighted by molar-refractivity contribution is 0.116. The van der Waals surface area contributed by atoms with Gasteiger partial charge in [-0.25, -0.2) is 4.98 Å². The van der Waals surface area contributed by atoms with Crippen LogP contribution in [-0.2, 0) is 6.61 Å². The zero-order valence-corrected chi connectivity index (χ0v) is 14.8. The summed E-state index contributed by atoms with van der Waals surface area (Å²) in [6, 6.07) is 10.9. The predicted molar refractivity (Wildman–Crippen MR) is 95.6 cm³/mol. The summed E-state index contributed by atoms with van der Waals surface area (Å²) in [6.07, 6.45) is 0.508. The maximum absolute atomic E-state index is 12.5. The molecule has 28 heavy (non-hydrogen) atoms. The maximum atomic E-state index is 12.5. The van der Waals surface area contributed by atoms with Gasteiger partial charge in [0.05, 0.1) is 17.0 Å². The van der Waals surface area contributed by atoms with E-state index in [1.165, 1.54) is 6.20 Å². The second kappa shape index (κ2) is 7.55. The molecule has 1 N–H and O–H groups in total. The molecule has 142 valence electrons. The first-order valence-electron chi connectivity index (χ1n) is 8.40. The monoisotopic (exact) mass is 383 g/mol. The van der Waals surface area contributed by atoms with Gasteiger partial charge in [-0.3, -0.25) is 4.98 Å². The van der Waals surface area contributed by atoms with E-state index in [1.807, 2.05) is 37.4 Å². The molecule has 4 aromatic rings. The first kappa shape index (κ1) is 17.8. The van der Waals surface area contributed by atoms with Crippen molar-refractivity contribution in [3.05, 3.63) is 66.1 Å². The van der Waals surface area contributed by atoms with Gasteiger partial charge in [0.25, 0.3) is 5.89 Å². The molecule has 3 aromatic heterocycles. The number of H-pyrrole nitrogens is 1. The number of pyridine rings is 1. The fourth-order valence-corrected chi connectivity index (χ4v) is 2.53. The van der Waals surface area contributed by atoms with Gasteiger partial charge in [-0.05, 0) is 31.2 Å². The molecule has 0 aliphatic carbocycles. The van der Waals surface area contributed by atoms with Gasteiger partial charge in [-0.1, -0.05) is 12.1 Å². The number of benzene rings is 1. The molecule has 1 aromatic carbocycles. The Labute approximate surface area is 158 Å². The molecular weight excluding hydrogens is 368 g/mol. The third kappa shape index (κ3) is 3.88. The summed E-state index contributed by atoms with van der Waals surface area (Å²) >= 11 is 0. The fraction of sp³-hybridized carbons (Fsp3) is 0.158. The molecule has 0 bridgehead atoms. The highest BCUT2D eigenvalue weighted by Crippen LogP contribution is 2.24. The molecule has 7 nitrogen and oxygen atoms in total. The molecule has 0 fully saturated rings. The van der Waals surface area contributed by atoms with Crippen LogP contribution in [0.4, 0.5) is 8.78 Å². The molecule has 0 radical (unpaired) electrons. The third-order valence-corrected chi connectivity index (χ3v) is 3.90. The fourth-order valence-electron chi connectivity index (χ4n) is 2.53. The van der Waals surface area contributed by atoms with Crippen LogP contribution < -0.4 is 4.74 Å². The van der Waals surface area contributed by atoms with Gasteiger partial charge in [0.15, 0.2) is 0 Å². The van der Waals surface area contributed by atoms with Crippen LogP contribution in [0, 0.1) is 6.92 Å². The summed E-state index contributed by atoms with van der Waals surface area (Å²) in [5, 5.41) is 6.89. The predicted octanol–water partition coefficient (Wildman–Crippen LogP) is 4.35. The maximum Gasteiger partial charge on any atom is 0.314 e. The van der Waals surface area contributed by atoms with Crippen LogP contribution in [0.25, 0.3) is 22.8 Å². The van der Waals surface area contributed by atoms with Crippen molar-refractivity contribution in [1.29, 1.82) is 0 Å². The second-order valence-electron chi connectivity index (χ2n) is 5.99. The molecule has 0 amide bonds. The Balaban J connectivity index is 1.42. The molecule has 0 atom stereocenters. The van der Waals surface area contributed by atoms with E-state index < -0.39 is 12.3 Å². The van der Waals surface area contributed by atoms with Crippen LogP contribution >= 0.6 is 0 Å². The van der Waals surface area contributed by atoms with Crippen molar-refractivity contribution >= 4 is 0 Å². The Morgan fingerprint density at radius 3 is 2.71 bits per heavy atom. The Bertz CT molecular complexity index is 1080. The molecule has 0 saturated carbocycles. The lowest BCUT2D eigenvalue weighted by atomic mass is 10.2. The van der Waals surface area contributed by atoms with Crippen LogP contribution in [0.2, 0.25) is 0 Å². The molecule has 0 aliphatic heterocycles. The van der Waals surface area contributed by atoms with Gasteiger partial charge in [0.2, 0.25) is 5.89 Å². The van der Waals surface area contributed by atoms with E-state index in [4.69, 9.17) is 9.15 Å². The number of aromatic amines is 1. The molecule has 0 spiro atoms. The molecule has 0 unspecified atom stereocenters. The first-order valence-corrected chi connectivity index (χ1v) is 8.40. The second-order valence-corrected chi connectivity index (χ2v) is 5.99. The average molecular weight is 383 g/mol. The van der Waals surface area contributed by atoms with Gasteiger partial charge >= 0.3 is 6.43 Å². The van der Waals surface area contributed by atoms with Crippen LogP contribution in [0.15, 0.2) is 53.2 Å². The molecule has 4 rings (SSSR count). The zero-order chi connectivity index (χ0) is 19.5. The van der Waals surface area contributed by atoms with Crippen molar-refractivity contribution in [2.75, 3.05) is 0 Å². The SMILES string of the molecule is Cc1c[nH]c(-c2cccc(OCc3ccc(-c4nnc(C(F)F)o4)cn3)c2)n1. The first-order chi connectivity index (χ1) is 13.6. The number of hydrogen-bond donors (Lipinski definition) is 1. The van der Waals surface area contributed by atoms with E-state index in [2.05, 4.69) is 25.1 Å². The number of nitrogens with zero attached hydrogens (tertiary/aromatic N) is 4. The topological polar surface area (TPSA) is 89.7 Å². The van der Waals surface area contributed by atoms with Gasteiger partial charge < -0.3 is 14.1 Å². The van der Waals surface area contributed by atoms with E-state index in [1.54, 1.807) is 12.1 Å². The molecular formula is C19H15F2N5O2. The van der Waals surface area contributed by atoms with Crippen molar-refractivity contribution in [2.45, 2.75) is 20.0 Å². The highest BCUT2D eigenvalue weighted by molar-refractivity contribution is 5.57. The van der Waals surface area contributed by atoms with Crippen molar-refractivity contribution in [3.63, 3.8) is 0 Å². The van der Waals surface area contributed by atoms with Crippen molar-refractivity contribution in [2.24, 2.45) is 0 Å². The quantitative estimate of drug-likeness (QED) is 0.532. The number of nitrogens with one attached hydrogen (secondary N) is 1. The van der Waals surface area contributed by atoms with Gasteiger partial charge in [0, 0.05) is 18.0 Å². The lowest BCUT2D eigenvalue weighted by Gasteiger charge is -2.07. The molecule has 9 heteroatoms. The number of halogens is 2. The van der Waals surface area contributed by atoms with Gasteiger partial charge in [-0.15, -0.1) is 10.2 Å². The zero-order valence-electron chi connectivity index (χ0n) is 14.8. The Kier molecular flexibility index (Phi) is 4.79. The third-order valence-electron chi connectivity index (χ3n) is 3.90. The number of rotatable bonds is 6. The average Bonchev–Trinajstić information content (AvgIpc) is 3.37. The van der Waals surface area contributed by atoms with E-state index in [-0.39, 0.29) is 12.5 Å². The standard InChI is InChI=1S/C19H15F2N5O2/c1-11-8-23-17(24-11)12-3-2-4-15(7-12)27-10-14-6-5-13(9-22-14)18-25-26-19(28-18)16(20)21/h2-9,16H,10H2,1H3,(H,23,24).